The van der Waals surface area contributed by atoms with Gasteiger partial charge in [-0.05, 0) is 72.4 Å². The fourth-order valence-electron chi connectivity index (χ4n) is 6.55. The molecule has 0 aliphatic carbocycles. The third-order valence-electron chi connectivity index (χ3n) is 9.46. The van der Waals surface area contributed by atoms with Crippen molar-refractivity contribution in [2.24, 2.45) is 11.3 Å². The molecule has 2 aliphatic heterocycles. The second-order valence-corrected chi connectivity index (χ2v) is 14.7. The molecule has 0 amide bonds. The molecule has 12 heteroatoms. The number of aliphatic hydroxyl groups is 1. The minimum Gasteiger partial charge on any atom is -0.488 e. The number of aromatic nitrogens is 3. The van der Waals surface area contributed by atoms with Gasteiger partial charge >= 0.3 is 5.69 Å². The van der Waals surface area contributed by atoms with Crippen LogP contribution < -0.4 is 20.2 Å². The van der Waals surface area contributed by atoms with E-state index in [1.807, 2.05) is 83.1 Å². The maximum atomic E-state index is 14.8. The van der Waals surface area contributed by atoms with Gasteiger partial charge in [0.1, 0.15) is 35.9 Å². The molecule has 6 rings (SSSR count). The van der Waals surface area contributed by atoms with Crippen molar-refractivity contribution in [1.82, 2.24) is 14.3 Å². The number of rotatable bonds is 11. The number of nitrogens with zero attached hydrogens (tertiary/aromatic N) is 5. The average Bonchev–Trinajstić information content (AvgIpc) is 3.66. The van der Waals surface area contributed by atoms with Crippen molar-refractivity contribution in [2.75, 3.05) is 49.2 Å². The third-order valence-corrected chi connectivity index (χ3v) is 9.46. The molecule has 10 nitrogen and oxygen atoms in total. The Balaban J connectivity index is 0.999. The Morgan fingerprint density at radius 1 is 0.940 bits per heavy atom. The molecule has 2 saturated heterocycles. The highest BCUT2D eigenvalue weighted by Gasteiger charge is 2.45. The summed E-state index contributed by atoms with van der Waals surface area (Å²) in [6.07, 6.45) is 0.641. The van der Waals surface area contributed by atoms with Gasteiger partial charge in [-0.25, -0.2) is 22.8 Å². The number of ether oxygens (including phenoxy) is 3. The summed E-state index contributed by atoms with van der Waals surface area (Å²) in [5.74, 6) is -0.398. The van der Waals surface area contributed by atoms with Crippen molar-refractivity contribution in [2.45, 2.75) is 65.6 Å². The topological polar surface area (TPSA) is 94.2 Å². The van der Waals surface area contributed by atoms with Crippen LogP contribution in [0.15, 0.2) is 77.9 Å². The predicted octanol–water partition coefficient (Wildman–Crippen LogP) is 5.74. The van der Waals surface area contributed by atoms with Crippen LogP contribution in [0.4, 0.5) is 20.2 Å². The summed E-state index contributed by atoms with van der Waals surface area (Å²) >= 11 is 0. The highest BCUT2D eigenvalue weighted by molar-refractivity contribution is 5.54. The number of benzene rings is 3. The molecule has 1 unspecified atom stereocenters. The molecule has 3 heterocycles. The number of aliphatic hydroxyl groups excluding tert-OH is 1. The van der Waals surface area contributed by atoms with Gasteiger partial charge in [-0.1, -0.05) is 40.7 Å². The lowest BCUT2D eigenvalue weighted by Gasteiger charge is -2.37. The normalized spacial score (nSPS) is 20.5. The maximum absolute atomic E-state index is 14.8. The van der Waals surface area contributed by atoms with Crippen LogP contribution in [0, 0.1) is 23.0 Å². The lowest BCUT2D eigenvalue weighted by Crippen LogP contribution is -2.46. The largest absolute Gasteiger partial charge is 0.488 e. The fourth-order valence-corrected chi connectivity index (χ4v) is 6.55. The van der Waals surface area contributed by atoms with Crippen molar-refractivity contribution in [3.63, 3.8) is 0 Å². The number of piperazine rings is 1. The zero-order valence-corrected chi connectivity index (χ0v) is 29.4. The smallest absolute Gasteiger partial charge is 0.350 e. The third kappa shape index (κ3) is 7.87. The van der Waals surface area contributed by atoms with E-state index in [4.69, 9.17) is 14.2 Å². The van der Waals surface area contributed by atoms with Gasteiger partial charge in [0.2, 0.25) is 0 Å². The maximum Gasteiger partial charge on any atom is 0.350 e. The van der Waals surface area contributed by atoms with Crippen LogP contribution in [0.5, 0.6) is 5.75 Å². The van der Waals surface area contributed by atoms with E-state index in [0.717, 1.165) is 49.3 Å². The summed E-state index contributed by atoms with van der Waals surface area (Å²) in [4.78, 5) is 17.6. The summed E-state index contributed by atoms with van der Waals surface area (Å²) in [5.41, 5.74) is 1.55. The summed E-state index contributed by atoms with van der Waals surface area (Å²) in [6, 6.07) is 19.4. The molecule has 3 aromatic carbocycles. The van der Waals surface area contributed by atoms with E-state index in [9.17, 15) is 18.7 Å². The second kappa shape index (κ2) is 14.5. The van der Waals surface area contributed by atoms with Gasteiger partial charge < -0.3 is 29.1 Å². The van der Waals surface area contributed by atoms with E-state index in [1.54, 1.807) is 0 Å². The summed E-state index contributed by atoms with van der Waals surface area (Å²) < 4.78 is 49.4. The van der Waals surface area contributed by atoms with E-state index in [0.29, 0.717) is 17.7 Å². The van der Waals surface area contributed by atoms with Gasteiger partial charge in [0.15, 0.2) is 6.29 Å². The van der Waals surface area contributed by atoms with Crippen LogP contribution in [-0.4, -0.2) is 71.2 Å². The zero-order chi connectivity index (χ0) is 35.6. The number of halogens is 2. The molecule has 3 atom stereocenters. The first-order valence-electron chi connectivity index (χ1n) is 17.2. The van der Waals surface area contributed by atoms with E-state index in [1.165, 1.54) is 27.7 Å². The summed E-state index contributed by atoms with van der Waals surface area (Å²) in [6.45, 7) is 13.6. The average molecular weight is 692 g/mol. The molecule has 1 aromatic heterocycles. The first-order chi connectivity index (χ1) is 23.8. The number of anilines is 2. The highest BCUT2D eigenvalue weighted by atomic mass is 19.1. The van der Waals surface area contributed by atoms with Crippen molar-refractivity contribution >= 4 is 11.4 Å². The van der Waals surface area contributed by atoms with Gasteiger partial charge in [-0.15, -0.1) is 0 Å². The Bertz CT molecular complexity index is 1800. The molecule has 0 bridgehead atoms. The zero-order valence-electron chi connectivity index (χ0n) is 29.4. The van der Waals surface area contributed by atoms with Crippen molar-refractivity contribution in [3.05, 3.63) is 101 Å². The van der Waals surface area contributed by atoms with E-state index in [-0.39, 0.29) is 36.8 Å². The first-order valence-corrected chi connectivity index (χ1v) is 17.2. The summed E-state index contributed by atoms with van der Waals surface area (Å²) in [5, 5.41) is 14.6. The molecule has 268 valence electrons. The quantitative estimate of drug-likeness (QED) is 0.213. The molecule has 50 heavy (non-hydrogen) atoms. The van der Waals surface area contributed by atoms with Gasteiger partial charge in [-0.3, -0.25) is 0 Å². The van der Waals surface area contributed by atoms with E-state index < -0.39 is 29.6 Å². The molecule has 0 spiro atoms. The molecular formula is C38H47F2N5O5. The molecule has 2 aliphatic rings. The Morgan fingerprint density at radius 2 is 1.54 bits per heavy atom. The highest BCUT2D eigenvalue weighted by Crippen LogP contribution is 2.40. The van der Waals surface area contributed by atoms with Gasteiger partial charge in [0.25, 0.3) is 0 Å². The first kappa shape index (κ1) is 35.6. The number of hydrogen-bond donors (Lipinski definition) is 1. The van der Waals surface area contributed by atoms with Gasteiger partial charge in [0, 0.05) is 49.2 Å². The van der Waals surface area contributed by atoms with Crippen LogP contribution in [0.2, 0.25) is 0 Å². The minimum absolute atomic E-state index is 0.136. The summed E-state index contributed by atoms with van der Waals surface area (Å²) in [7, 11) is 0. The van der Waals surface area contributed by atoms with Crippen LogP contribution in [-0.2, 0) is 21.6 Å². The second-order valence-electron chi connectivity index (χ2n) is 14.7. The van der Waals surface area contributed by atoms with Crippen molar-refractivity contribution in [3.8, 4) is 11.4 Å². The van der Waals surface area contributed by atoms with E-state index in [2.05, 4.69) is 14.9 Å². The molecule has 0 saturated carbocycles. The Kier molecular flexibility index (Phi) is 10.3. The van der Waals surface area contributed by atoms with Gasteiger partial charge in [-0.2, -0.15) is 5.10 Å². The fraction of sp³-hybridized carbons (Fsp3) is 0.474. The van der Waals surface area contributed by atoms with Crippen LogP contribution in [0.1, 0.15) is 46.6 Å². The minimum atomic E-state index is -1.01. The Labute approximate surface area is 291 Å². The SMILES string of the molecule is CC(C)C[C@@]1(c2ccc(F)cc2F)CO[C@@H](COc2ccc(N3CCN(c4ccc(-n5cnn(CC(O)C(C)(C)C)c5=O)cc4)CC3)cc2)O1. The van der Waals surface area contributed by atoms with Crippen LogP contribution >= 0.6 is 0 Å². The lowest BCUT2D eigenvalue weighted by atomic mass is 9.86. The number of hydrogen-bond acceptors (Lipinski definition) is 8. The molecule has 1 N–H and O–H groups in total. The molecule has 0 radical (unpaired) electrons. The van der Waals surface area contributed by atoms with Crippen LogP contribution in [0.3, 0.4) is 0 Å². The molecule has 2 fully saturated rings. The van der Waals surface area contributed by atoms with Crippen LogP contribution in [0.25, 0.3) is 5.69 Å². The Morgan fingerprint density at radius 3 is 2.12 bits per heavy atom. The monoisotopic (exact) mass is 691 g/mol. The van der Waals surface area contributed by atoms with Crippen molar-refractivity contribution < 1.29 is 28.1 Å². The molecular weight excluding hydrogens is 644 g/mol. The van der Waals surface area contributed by atoms with Gasteiger partial charge in [0.05, 0.1) is 24.9 Å². The van der Waals surface area contributed by atoms with E-state index >= 15 is 0 Å². The standard InChI is InChI=1S/C38H47F2N5O5/c1-26(2)21-38(32-15-6-27(39)20-33(32)40)24-49-35(50-38)23-48-31-13-11-29(12-14-31)43-18-16-42(17-19-43)28-7-9-30(10-8-28)44-25-41-45(36(44)47)22-34(46)37(3,4)5/h6-15,20,25-26,34-35,46H,16-19,21-24H2,1-5H3/t34?,35-,38+/m1/s1. The predicted molar refractivity (Wildman–Crippen MR) is 188 cm³/mol. The lowest BCUT2D eigenvalue weighted by molar-refractivity contribution is -0.116. The van der Waals surface area contributed by atoms with Crippen molar-refractivity contribution in [1.29, 1.82) is 0 Å². The molecule has 4 aromatic rings. The Hall–Kier alpha value is -4.26.